The molecule has 5 nitrogen and oxygen atoms in total. The van der Waals surface area contributed by atoms with Crippen LogP contribution in [0, 0.1) is 0 Å². The van der Waals surface area contributed by atoms with Crippen molar-refractivity contribution in [3.8, 4) is 0 Å². The van der Waals surface area contributed by atoms with Gasteiger partial charge >= 0.3 is 0 Å². The first-order chi connectivity index (χ1) is 9.02. The minimum Gasteiger partial charge on any atom is -0.382 e. The number of carbonyl (C=O) groups excluding carboxylic acids is 2. The van der Waals surface area contributed by atoms with Gasteiger partial charge in [-0.15, -0.1) is 0 Å². The second-order valence-electron chi connectivity index (χ2n) is 4.05. The van der Waals surface area contributed by atoms with Crippen LogP contribution in [-0.2, 0) is 20.9 Å². The lowest BCUT2D eigenvalue weighted by Crippen LogP contribution is -2.48. The Morgan fingerprint density at radius 1 is 1.32 bits per heavy atom. The van der Waals surface area contributed by atoms with E-state index in [0.717, 1.165) is 10.0 Å². The summed E-state index contributed by atoms with van der Waals surface area (Å²) in [6, 6.07) is 6.96. The third-order valence-electron chi connectivity index (χ3n) is 2.41. The molecule has 1 aromatic carbocycles. The molecule has 1 rings (SSSR count). The van der Waals surface area contributed by atoms with Crippen LogP contribution < -0.4 is 10.6 Å². The van der Waals surface area contributed by atoms with E-state index in [1.54, 1.807) is 0 Å². The monoisotopic (exact) mass is 328 g/mol. The van der Waals surface area contributed by atoms with Gasteiger partial charge in [0.05, 0.1) is 6.61 Å². The predicted octanol–water partition coefficient (Wildman–Crippen LogP) is 1.22. The molecule has 0 saturated carbocycles. The second-order valence-corrected chi connectivity index (χ2v) is 4.97. The molecule has 0 bridgehead atoms. The Hall–Kier alpha value is -1.40. The van der Waals surface area contributed by atoms with E-state index in [9.17, 15) is 9.59 Å². The number of hydrogen-bond acceptors (Lipinski definition) is 3. The van der Waals surface area contributed by atoms with Crippen LogP contribution in [-0.4, -0.2) is 31.6 Å². The van der Waals surface area contributed by atoms with Crippen LogP contribution in [0.25, 0.3) is 0 Å². The maximum atomic E-state index is 11.9. The van der Waals surface area contributed by atoms with E-state index in [0.29, 0.717) is 6.54 Å². The van der Waals surface area contributed by atoms with Crippen LogP contribution in [0.1, 0.15) is 12.5 Å². The number of nitrogens with one attached hydrogen (secondary N) is 2. The smallest absolute Gasteiger partial charge is 0.245 e. The summed E-state index contributed by atoms with van der Waals surface area (Å²) < 4.78 is 5.90. The molecular formula is C13H17BrN2O3. The third-order valence-corrected chi connectivity index (χ3v) is 2.94. The van der Waals surface area contributed by atoms with Crippen LogP contribution in [0.3, 0.4) is 0 Å². The van der Waals surface area contributed by atoms with Gasteiger partial charge < -0.3 is 15.4 Å². The highest BCUT2D eigenvalue weighted by Crippen LogP contribution is 2.10. The number of rotatable bonds is 6. The summed E-state index contributed by atoms with van der Waals surface area (Å²) in [7, 11) is 1.48. The standard InChI is InChI=1S/C13H17BrN2O3/c1-9(17)16-12(8-19-2)13(18)15-7-10-3-5-11(14)6-4-10/h3-6,12H,7-8H2,1-2H3,(H,15,18)(H,16,17)/t12-/m1/s1. The van der Waals surface area contributed by atoms with E-state index in [1.807, 2.05) is 24.3 Å². The molecule has 0 aliphatic carbocycles. The fraction of sp³-hybridized carbons (Fsp3) is 0.385. The molecule has 0 aliphatic heterocycles. The number of methoxy groups -OCH3 is 1. The normalized spacial score (nSPS) is 11.7. The van der Waals surface area contributed by atoms with E-state index in [2.05, 4.69) is 26.6 Å². The molecule has 0 heterocycles. The zero-order chi connectivity index (χ0) is 14.3. The van der Waals surface area contributed by atoms with Gasteiger partial charge in [-0.05, 0) is 17.7 Å². The van der Waals surface area contributed by atoms with Crippen LogP contribution in [0.4, 0.5) is 0 Å². The molecule has 0 aliphatic rings. The zero-order valence-electron chi connectivity index (χ0n) is 10.9. The Morgan fingerprint density at radius 3 is 2.47 bits per heavy atom. The van der Waals surface area contributed by atoms with Crippen molar-refractivity contribution in [3.63, 3.8) is 0 Å². The molecular weight excluding hydrogens is 312 g/mol. The number of hydrogen-bond donors (Lipinski definition) is 2. The van der Waals surface area contributed by atoms with Gasteiger partial charge in [0.1, 0.15) is 6.04 Å². The van der Waals surface area contributed by atoms with Crippen molar-refractivity contribution in [2.45, 2.75) is 19.5 Å². The molecule has 6 heteroatoms. The van der Waals surface area contributed by atoms with E-state index in [4.69, 9.17) is 4.74 Å². The Morgan fingerprint density at radius 2 is 1.95 bits per heavy atom. The predicted molar refractivity (Wildman–Crippen MR) is 75.5 cm³/mol. The maximum absolute atomic E-state index is 11.9. The molecule has 0 fully saturated rings. The molecule has 2 N–H and O–H groups in total. The average molecular weight is 329 g/mol. The summed E-state index contributed by atoms with van der Waals surface area (Å²) >= 11 is 3.35. The van der Waals surface area contributed by atoms with Crippen LogP contribution in [0.2, 0.25) is 0 Å². The summed E-state index contributed by atoms with van der Waals surface area (Å²) in [6.07, 6.45) is 0. The van der Waals surface area contributed by atoms with Crippen LogP contribution in [0.15, 0.2) is 28.7 Å². The van der Waals surface area contributed by atoms with Crippen molar-refractivity contribution in [1.82, 2.24) is 10.6 Å². The van der Waals surface area contributed by atoms with Gasteiger partial charge in [0.2, 0.25) is 11.8 Å². The highest BCUT2D eigenvalue weighted by molar-refractivity contribution is 9.10. The number of halogens is 1. The molecule has 1 atom stereocenters. The van der Waals surface area contributed by atoms with Gasteiger partial charge in [-0.3, -0.25) is 9.59 Å². The fourth-order valence-electron chi connectivity index (χ4n) is 1.51. The van der Waals surface area contributed by atoms with Crippen LogP contribution >= 0.6 is 15.9 Å². The summed E-state index contributed by atoms with van der Waals surface area (Å²) in [4.78, 5) is 22.9. The second kappa shape index (κ2) is 7.91. The van der Waals surface area contributed by atoms with Gasteiger partial charge in [-0.25, -0.2) is 0 Å². The van der Waals surface area contributed by atoms with Gasteiger partial charge in [-0.1, -0.05) is 28.1 Å². The molecule has 2 amide bonds. The molecule has 0 radical (unpaired) electrons. The molecule has 0 aromatic heterocycles. The molecule has 19 heavy (non-hydrogen) atoms. The number of carbonyl (C=O) groups is 2. The zero-order valence-corrected chi connectivity index (χ0v) is 12.5. The maximum Gasteiger partial charge on any atom is 0.245 e. The minimum atomic E-state index is -0.669. The van der Waals surface area contributed by atoms with Gasteiger partial charge in [-0.2, -0.15) is 0 Å². The largest absolute Gasteiger partial charge is 0.382 e. The summed E-state index contributed by atoms with van der Waals surface area (Å²) in [5, 5.41) is 5.30. The van der Waals surface area contributed by atoms with Gasteiger partial charge in [0.15, 0.2) is 0 Å². The highest BCUT2D eigenvalue weighted by atomic mass is 79.9. The summed E-state index contributed by atoms with van der Waals surface area (Å²) in [5.74, 6) is -0.527. The molecule has 104 valence electrons. The van der Waals surface area contributed by atoms with Crippen LogP contribution in [0.5, 0.6) is 0 Å². The van der Waals surface area contributed by atoms with Crippen molar-refractivity contribution in [2.75, 3.05) is 13.7 Å². The van der Waals surface area contributed by atoms with Crippen molar-refractivity contribution >= 4 is 27.7 Å². The Balaban J connectivity index is 2.51. The Kier molecular flexibility index (Phi) is 6.52. The first kappa shape index (κ1) is 15.7. The summed E-state index contributed by atoms with van der Waals surface area (Å²) in [5.41, 5.74) is 0.982. The van der Waals surface area contributed by atoms with Crippen molar-refractivity contribution in [2.24, 2.45) is 0 Å². The van der Waals surface area contributed by atoms with Crippen molar-refractivity contribution in [3.05, 3.63) is 34.3 Å². The SMILES string of the molecule is COC[C@@H](NC(C)=O)C(=O)NCc1ccc(Br)cc1. The minimum absolute atomic E-state index is 0.145. The molecule has 0 unspecified atom stereocenters. The van der Waals surface area contributed by atoms with Crippen molar-refractivity contribution < 1.29 is 14.3 Å². The van der Waals surface area contributed by atoms with Gasteiger partial charge in [0, 0.05) is 25.1 Å². The fourth-order valence-corrected chi connectivity index (χ4v) is 1.77. The average Bonchev–Trinajstić information content (AvgIpc) is 2.37. The molecule has 1 aromatic rings. The van der Waals surface area contributed by atoms with Crippen molar-refractivity contribution in [1.29, 1.82) is 0 Å². The first-order valence-electron chi connectivity index (χ1n) is 5.81. The number of ether oxygens (including phenoxy) is 1. The highest BCUT2D eigenvalue weighted by Gasteiger charge is 2.18. The Bertz CT molecular complexity index is 434. The van der Waals surface area contributed by atoms with E-state index in [1.165, 1.54) is 14.0 Å². The third kappa shape index (κ3) is 5.85. The van der Waals surface area contributed by atoms with E-state index in [-0.39, 0.29) is 18.4 Å². The molecule has 0 spiro atoms. The van der Waals surface area contributed by atoms with Gasteiger partial charge in [0.25, 0.3) is 0 Å². The van der Waals surface area contributed by atoms with E-state index >= 15 is 0 Å². The number of benzene rings is 1. The van der Waals surface area contributed by atoms with E-state index < -0.39 is 6.04 Å². The number of amides is 2. The summed E-state index contributed by atoms with van der Waals surface area (Å²) in [6.45, 7) is 1.92. The lowest BCUT2D eigenvalue weighted by Gasteiger charge is -2.16. The lowest BCUT2D eigenvalue weighted by molar-refractivity contribution is -0.129. The Labute approximate surface area is 120 Å². The quantitative estimate of drug-likeness (QED) is 0.825. The molecule has 0 saturated heterocycles. The topological polar surface area (TPSA) is 67.4 Å². The first-order valence-corrected chi connectivity index (χ1v) is 6.60. The lowest BCUT2D eigenvalue weighted by atomic mass is 10.2.